The summed E-state index contributed by atoms with van der Waals surface area (Å²) in [6, 6.07) is 8.84. The Kier molecular flexibility index (Phi) is 4.61. The van der Waals surface area contributed by atoms with Gasteiger partial charge in [0.2, 0.25) is 0 Å². The number of para-hydroxylation sites is 1. The van der Waals surface area contributed by atoms with Gasteiger partial charge in [0.05, 0.1) is 5.92 Å². The fourth-order valence-electron chi connectivity index (χ4n) is 2.55. The second kappa shape index (κ2) is 6.41. The molecule has 1 saturated heterocycles. The van der Waals surface area contributed by atoms with Crippen molar-refractivity contribution in [3.8, 4) is 5.75 Å². The summed E-state index contributed by atoms with van der Waals surface area (Å²) in [7, 11) is 0. The zero-order valence-electron chi connectivity index (χ0n) is 11.5. The number of aliphatic carboxylic acids is 1. The van der Waals surface area contributed by atoms with Crippen molar-refractivity contribution in [2.75, 3.05) is 6.54 Å². The van der Waals surface area contributed by atoms with Gasteiger partial charge in [0.15, 0.2) is 0 Å². The van der Waals surface area contributed by atoms with E-state index in [0.717, 1.165) is 6.42 Å². The number of benzene rings is 1. The number of nitrogens with zero attached hydrogens (tertiary/aromatic N) is 1. The van der Waals surface area contributed by atoms with Crippen LogP contribution in [0.4, 0.5) is 4.79 Å². The Balaban J connectivity index is 2.00. The lowest BCUT2D eigenvalue weighted by Crippen LogP contribution is -2.48. The first-order valence-electron chi connectivity index (χ1n) is 6.88. The number of carbonyl (C=O) groups excluding carboxylic acids is 1. The van der Waals surface area contributed by atoms with Crippen LogP contribution in [-0.4, -0.2) is 34.7 Å². The summed E-state index contributed by atoms with van der Waals surface area (Å²) in [4.78, 5) is 24.9. The number of hydrogen-bond acceptors (Lipinski definition) is 3. The summed E-state index contributed by atoms with van der Waals surface area (Å²) in [6.07, 6.45) is 1.31. The Hall–Kier alpha value is -2.04. The Morgan fingerprint density at radius 1 is 1.35 bits per heavy atom. The Bertz CT molecular complexity index is 474. The van der Waals surface area contributed by atoms with Crippen molar-refractivity contribution in [1.29, 1.82) is 0 Å². The van der Waals surface area contributed by atoms with Gasteiger partial charge in [0, 0.05) is 12.6 Å². The molecule has 1 fully saturated rings. The molecule has 1 aliphatic heterocycles. The number of ether oxygens (including phenoxy) is 1. The highest BCUT2D eigenvalue weighted by atomic mass is 16.6. The van der Waals surface area contributed by atoms with Gasteiger partial charge in [-0.15, -0.1) is 0 Å². The molecule has 5 heteroatoms. The summed E-state index contributed by atoms with van der Waals surface area (Å²) in [5.74, 6) is -0.632. The van der Waals surface area contributed by atoms with E-state index in [4.69, 9.17) is 9.84 Å². The zero-order chi connectivity index (χ0) is 14.5. The van der Waals surface area contributed by atoms with E-state index in [2.05, 4.69) is 0 Å². The molecule has 0 radical (unpaired) electrons. The smallest absolute Gasteiger partial charge is 0.415 e. The van der Waals surface area contributed by atoms with E-state index in [-0.39, 0.29) is 12.0 Å². The number of carbonyl (C=O) groups is 2. The number of piperidine rings is 1. The largest absolute Gasteiger partial charge is 0.481 e. The monoisotopic (exact) mass is 277 g/mol. The maximum atomic E-state index is 12.2. The molecule has 5 nitrogen and oxygen atoms in total. The van der Waals surface area contributed by atoms with Crippen LogP contribution in [0.2, 0.25) is 0 Å². The van der Waals surface area contributed by atoms with Gasteiger partial charge in [0.1, 0.15) is 5.75 Å². The van der Waals surface area contributed by atoms with Gasteiger partial charge in [-0.1, -0.05) is 25.1 Å². The highest BCUT2D eigenvalue weighted by Crippen LogP contribution is 2.26. The van der Waals surface area contributed by atoms with Crippen LogP contribution >= 0.6 is 0 Å². The van der Waals surface area contributed by atoms with Crippen molar-refractivity contribution < 1.29 is 19.4 Å². The van der Waals surface area contributed by atoms with Crippen molar-refractivity contribution in [1.82, 2.24) is 4.90 Å². The Morgan fingerprint density at radius 2 is 2.05 bits per heavy atom. The van der Waals surface area contributed by atoms with Gasteiger partial charge < -0.3 is 14.7 Å². The third kappa shape index (κ3) is 3.29. The van der Waals surface area contributed by atoms with Crippen LogP contribution in [-0.2, 0) is 4.79 Å². The van der Waals surface area contributed by atoms with E-state index in [1.807, 2.05) is 13.0 Å². The van der Waals surface area contributed by atoms with Gasteiger partial charge in [-0.3, -0.25) is 4.79 Å². The summed E-state index contributed by atoms with van der Waals surface area (Å²) in [5, 5.41) is 9.08. The lowest BCUT2D eigenvalue weighted by molar-refractivity contribution is -0.143. The van der Waals surface area contributed by atoms with Crippen molar-refractivity contribution >= 4 is 12.1 Å². The minimum absolute atomic E-state index is 0.0685. The molecule has 1 N–H and O–H groups in total. The number of likely N-dealkylation sites (tertiary alicyclic amines) is 1. The number of carboxylic acids is 1. The predicted octanol–water partition coefficient (Wildman–Crippen LogP) is 2.76. The molecule has 1 heterocycles. The second-order valence-corrected chi connectivity index (χ2v) is 5.00. The van der Waals surface area contributed by atoms with Crippen LogP contribution < -0.4 is 4.74 Å². The van der Waals surface area contributed by atoms with Crippen LogP contribution in [0.3, 0.4) is 0 Å². The molecule has 0 saturated carbocycles. The lowest BCUT2D eigenvalue weighted by Gasteiger charge is -2.36. The molecule has 108 valence electrons. The maximum Gasteiger partial charge on any atom is 0.415 e. The number of amides is 1. The van der Waals surface area contributed by atoms with E-state index < -0.39 is 12.1 Å². The average Bonchev–Trinajstić information content (AvgIpc) is 2.47. The molecule has 0 aromatic heterocycles. The van der Waals surface area contributed by atoms with Gasteiger partial charge in [-0.2, -0.15) is 0 Å². The SMILES string of the molecule is CCC1CC(C(=O)O)CCN1C(=O)Oc1ccccc1. The molecule has 1 aliphatic rings. The Morgan fingerprint density at radius 3 is 2.65 bits per heavy atom. The van der Waals surface area contributed by atoms with Gasteiger partial charge in [0.25, 0.3) is 0 Å². The molecule has 0 aliphatic carbocycles. The lowest BCUT2D eigenvalue weighted by atomic mass is 9.90. The minimum atomic E-state index is -0.778. The third-order valence-electron chi connectivity index (χ3n) is 3.72. The van der Waals surface area contributed by atoms with Crippen LogP contribution in [0.1, 0.15) is 26.2 Å². The molecule has 1 aromatic carbocycles. The highest BCUT2D eigenvalue weighted by molar-refractivity contribution is 5.73. The van der Waals surface area contributed by atoms with E-state index in [0.29, 0.717) is 25.1 Å². The van der Waals surface area contributed by atoms with Gasteiger partial charge >= 0.3 is 12.1 Å². The summed E-state index contributed by atoms with van der Waals surface area (Å²) < 4.78 is 5.32. The number of hydrogen-bond donors (Lipinski definition) is 1. The topological polar surface area (TPSA) is 66.8 Å². The maximum absolute atomic E-state index is 12.2. The average molecular weight is 277 g/mol. The second-order valence-electron chi connectivity index (χ2n) is 5.00. The van der Waals surface area contributed by atoms with Crippen molar-refractivity contribution in [2.24, 2.45) is 5.92 Å². The van der Waals surface area contributed by atoms with Gasteiger partial charge in [-0.25, -0.2) is 4.79 Å². The van der Waals surface area contributed by atoms with E-state index in [9.17, 15) is 9.59 Å². The molecule has 2 rings (SSSR count). The molecule has 0 bridgehead atoms. The first-order valence-corrected chi connectivity index (χ1v) is 6.88. The first kappa shape index (κ1) is 14.4. The summed E-state index contributed by atoms with van der Waals surface area (Å²) >= 11 is 0. The number of rotatable bonds is 3. The van der Waals surface area contributed by atoms with Crippen molar-refractivity contribution in [2.45, 2.75) is 32.2 Å². The number of carboxylic acid groups (broad SMARTS) is 1. The van der Waals surface area contributed by atoms with Crippen LogP contribution in [0.15, 0.2) is 30.3 Å². The standard InChI is InChI=1S/C15H19NO4/c1-2-12-10-11(14(17)18)8-9-16(12)15(19)20-13-6-4-3-5-7-13/h3-7,11-12H,2,8-10H2,1H3,(H,17,18). The van der Waals surface area contributed by atoms with Crippen molar-refractivity contribution in [3.05, 3.63) is 30.3 Å². The minimum Gasteiger partial charge on any atom is -0.481 e. The molecular formula is C15H19NO4. The van der Waals surface area contributed by atoms with E-state index >= 15 is 0 Å². The molecular weight excluding hydrogens is 258 g/mol. The Labute approximate surface area is 118 Å². The zero-order valence-corrected chi connectivity index (χ0v) is 11.5. The van der Waals surface area contributed by atoms with Crippen LogP contribution in [0.25, 0.3) is 0 Å². The molecule has 1 aromatic rings. The van der Waals surface area contributed by atoms with Crippen molar-refractivity contribution in [3.63, 3.8) is 0 Å². The third-order valence-corrected chi connectivity index (χ3v) is 3.72. The quantitative estimate of drug-likeness (QED) is 0.922. The first-order chi connectivity index (χ1) is 9.61. The fraction of sp³-hybridized carbons (Fsp3) is 0.467. The van der Waals surface area contributed by atoms with Crippen LogP contribution in [0.5, 0.6) is 5.75 Å². The summed E-state index contributed by atoms with van der Waals surface area (Å²) in [5.41, 5.74) is 0. The molecule has 2 unspecified atom stereocenters. The molecule has 0 spiro atoms. The van der Waals surface area contributed by atoms with Gasteiger partial charge in [-0.05, 0) is 31.4 Å². The predicted molar refractivity (Wildman–Crippen MR) is 73.6 cm³/mol. The molecule has 1 amide bonds. The molecule has 20 heavy (non-hydrogen) atoms. The van der Waals surface area contributed by atoms with E-state index in [1.54, 1.807) is 29.2 Å². The molecule has 2 atom stereocenters. The normalized spacial score (nSPS) is 22.4. The highest BCUT2D eigenvalue weighted by Gasteiger charge is 2.34. The fourth-order valence-corrected chi connectivity index (χ4v) is 2.55. The van der Waals surface area contributed by atoms with Crippen LogP contribution in [0, 0.1) is 5.92 Å². The summed E-state index contributed by atoms with van der Waals surface area (Å²) in [6.45, 7) is 2.39. The van der Waals surface area contributed by atoms with E-state index in [1.165, 1.54) is 0 Å².